The molecular formula is C17H27NO. The molecule has 2 nitrogen and oxygen atoms in total. The van der Waals surface area contributed by atoms with Crippen LogP contribution in [0.4, 0.5) is 0 Å². The van der Waals surface area contributed by atoms with Gasteiger partial charge in [-0.3, -0.25) is 0 Å². The summed E-state index contributed by atoms with van der Waals surface area (Å²) in [5.41, 5.74) is 1.51. The molecule has 106 valence electrons. The third-order valence-corrected chi connectivity index (χ3v) is 4.49. The van der Waals surface area contributed by atoms with Crippen LogP contribution >= 0.6 is 0 Å². The van der Waals surface area contributed by atoms with Crippen LogP contribution in [0.25, 0.3) is 0 Å². The van der Waals surface area contributed by atoms with E-state index in [4.69, 9.17) is 4.74 Å². The molecule has 0 aliphatic heterocycles. The molecule has 0 amide bonds. The Labute approximate surface area is 117 Å². The normalized spacial score (nSPS) is 18.7. The van der Waals surface area contributed by atoms with Crippen LogP contribution in [0.2, 0.25) is 0 Å². The van der Waals surface area contributed by atoms with E-state index in [2.05, 4.69) is 43.4 Å². The summed E-state index contributed by atoms with van der Waals surface area (Å²) in [7, 11) is 2.01. The van der Waals surface area contributed by atoms with E-state index in [1.165, 1.54) is 31.2 Å². The number of nitrogens with one attached hydrogen (secondary N) is 1. The Balaban J connectivity index is 1.98. The van der Waals surface area contributed by atoms with Crippen LogP contribution in [0.5, 0.6) is 5.75 Å². The summed E-state index contributed by atoms with van der Waals surface area (Å²) in [6.07, 6.45) is 5.99. The van der Waals surface area contributed by atoms with Crippen molar-refractivity contribution in [1.82, 2.24) is 5.32 Å². The van der Waals surface area contributed by atoms with Crippen molar-refractivity contribution in [3.63, 3.8) is 0 Å². The van der Waals surface area contributed by atoms with Gasteiger partial charge in [0.15, 0.2) is 0 Å². The lowest BCUT2D eigenvalue weighted by atomic mass is 9.77. The molecule has 19 heavy (non-hydrogen) atoms. The van der Waals surface area contributed by atoms with Crippen LogP contribution in [-0.4, -0.2) is 19.2 Å². The maximum absolute atomic E-state index is 6.27. The first-order valence-corrected chi connectivity index (χ1v) is 7.63. The lowest BCUT2D eigenvalue weighted by molar-refractivity contribution is -0.0139. The summed E-state index contributed by atoms with van der Waals surface area (Å²) in [5.74, 6) is 1.67. The molecule has 0 spiro atoms. The van der Waals surface area contributed by atoms with Gasteiger partial charge in [0.1, 0.15) is 11.4 Å². The Morgan fingerprint density at radius 3 is 2.42 bits per heavy atom. The second kappa shape index (κ2) is 6.42. The predicted molar refractivity (Wildman–Crippen MR) is 80.9 cm³/mol. The van der Waals surface area contributed by atoms with E-state index in [0.717, 1.165) is 18.7 Å². The van der Waals surface area contributed by atoms with E-state index in [1.54, 1.807) is 0 Å². The third-order valence-electron chi connectivity index (χ3n) is 4.49. The number of ether oxygens (including phenoxy) is 1. The molecule has 0 radical (unpaired) electrons. The highest BCUT2D eigenvalue weighted by Gasteiger charge is 2.38. The largest absolute Gasteiger partial charge is 0.487 e. The van der Waals surface area contributed by atoms with E-state index in [-0.39, 0.29) is 5.60 Å². The predicted octanol–water partition coefficient (Wildman–Crippen LogP) is 4.11. The smallest absolute Gasteiger partial charge is 0.120 e. The zero-order chi connectivity index (χ0) is 13.7. The van der Waals surface area contributed by atoms with Crippen molar-refractivity contribution in [2.45, 2.75) is 57.5 Å². The van der Waals surface area contributed by atoms with Gasteiger partial charge in [0, 0.05) is 0 Å². The van der Waals surface area contributed by atoms with Crippen LogP contribution < -0.4 is 10.1 Å². The summed E-state index contributed by atoms with van der Waals surface area (Å²) < 4.78 is 6.27. The van der Waals surface area contributed by atoms with Crippen molar-refractivity contribution in [3.05, 3.63) is 29.8 Å². The fourth-order valence-electron chi connectivity index (χ4n) is 2.68. The molecule has 1 aliphatic carbocycles. The molecule has 0 aromatic heterocycles. The van der Waals surface area contributed by atoms with Gasteiger partial charge in [0.2, 0.25) is 0 Å². The molecule has 0 heterocycles. The van der Waals surface area contributed by atoms with Gasteiger partial charge >= 0.3 is 0 Å². The molecule has 1 aromatic rings. The van der Waals surface area contributed by atoms with Gasteiger partial charge in [-0.25, -0.2) is 0 Å². The van der Waals surface area contributed by atoms with Crippen LogP contribution in [-0.2, 0) is 0 Å². The Kier molecular flexibility index (Phi) is 4.87. The Morgan fingerprint density at radius 2 is 1.95 bits per heavy atom. The molecule has 2 rings (SSSR count). The average Bonchev–Trinajstić information content (AvgIpc) is 2.41. The van der Waals surface area contributed by atoms with Crippen molar-refractivity contribution in [2.24, 2.45) is 0 Å². The highest BCUT2D eigenvalue weighted by molar-refractivity contribution is 5.30. The maximum Gasteiger partial charge on any atom is 0.120 e. The number of rotatable bonds is 7. The first kappa shape index (κ1) is 14.4. The van der Waals surface area contributed by atoms with Gasteiger partial charge in [-0.2, -0.15) is 0 Å². The Hall–Kier alpha value is -1.02. The molecule has 1 atom stereocenters. The van der Waals surface area contributed by atoms with Gasteiger partial charge in [0.05, 0.1) is 0 Å². The van der Waals surface area contributed by atoms with Crippen LogP contribution in [0.15, 0.2) is 24.3 Å². The maximum atomic E-state index is 6.27. The third kappa shape index (κ3) is 3.50. The van der Waals surface area contributed by atoms with E-state index < -0.39 is 0 Å². The highest BCUT2D eigenvalue weighted by Crippen LogP contribution is 2.39. The molecule has 1 aliphatic rings. The van der Waals surface area contributed by atoms with Crippen LogP contribution in [0.3, 0.4) is 0 Å². The van der Waals surface area contributed by atoms with Gasteiger partial charge in [-0.1, -0.05) is 26.0 Å². The summed E-state index contributed by atoms with van der Waals surface area (Å²) >= 11 is 0. The van der Waals surface area contributed by atoms with Crippen molar-refractivity contribution in [2.75, 3.05) is 13.6 Å². The number of hydrogen-bond donors (Lipinski definition) is 1. The minimum absolute atomic E-state index is 0.0981. The van der Waals surface area contributed by atoms with Crippen molar-refractivity contribution >= 4 is 0 Å². The SMILES string of the molecule is CCC(C)c1ccc(OC2(CCNC)CCC2)cc1. The molecule has 1 N–H and O–H groups in total. The zero-order valence-electron chi connectivity index (χ0n) is 12.5. The summed E-state index contributed by atoms with van der Waals surface area (Å²) in [4.78, 5) is 0. The summed E-state index contributed by atoms with van der Waals surface area (Å²) in [6, 6.07) is 8.71. The second-order valence-electron chi connectivity index (χ2n) is 5.87. The van der Waals surface area contributed by atoms with Crippen molar-refractivity contribution in [3.8, 4) is 5.75 Å². The van der Waals surface area contributed by atoms with Gasteiger partial charge < -0.3 is 10.1 Å². The fourth-order valence-corrected chi connectivity index (χ4v) is 2.68. The molecule has 1 saturated carbocycles. The molecule has 1 fully saturated rings. The van der Waals surface area contributed by atoms with Crippen LogP contribution in [0.1, 0.15) is 57.4 Å². The van der Waals surface area contributed by atoms with Crippen molar-refractivity contribution < 1.29 is 4.74 Å². The fraction of sp³-hybridized carbons (Fsp3) is 0.647. The Bertz CT molecular complexity index is 381. The van der Waals surface area contributed by atoms with Crippen molar-refractivity contribution in [1.29, 1.82) is 0 Å². The van der Waals surface area contributed by atoms with Gasteiger partial charge in [-0.15, -0.1) is 0 Å². The molecule has 0 bridgehead atoms. The quantitative estimate of drug-likeness (QED) is 0.797. The lowest BCUT2D eigenvalue weighted by Crippen LogP contribution is -2.45. The molecular weight excluding hydrogens is 234 g/mol. The van der Waals surface area contributed by atoms with E-state index >= 15 is 0 Å². The minimum Gasteiger partial charge on any atom is -0.487 e. The molecule has 2 heteroatoms. The summed E-state index contributed by atoms with van der Waals surface area (Å²) in [6.45, 7) is 5.54. The molecule has 0 saturated heterocycles. The number of benzene rings is 1. The van der Waals surface area contributed by atoms with Gasteiger partial charge in [0.25, 0.3) is 0 Å². The molecule has 1 unspecified atom stereocenters. The highest BCUT2D eigenvalue weighted by atomic mass is 16.5. The second-order valence-corrected chi connectivity index (χ2v) is 5.87. The minimum atomic E-state index is 0.0981. The molecule has 1 aromatic carbocycles. The number of hydrogen-bond acceptors (Lipinski definition) is 2. The van der Waals surface area contributed by atoms with E-state index in [9.17, 15) is 0 Å². The van der Waals surface area contributed by atoms with Crippen LogP contribution in [0, 0.1) is 0 Å². The average molecular weight is 261 g/mol. The van der Waals surface area contributed by atoms with E-state index in [1.807, 2.05) is 7.05 Å². The van der Waals surface area contributed by atoms with E-state index in [0.29, 0.717) is 5.92 Å². The topological polar surface area (TPSA) is 21.3 Å². The summed E-state index contributed by atoms with van der Waals surface area (Å²) in [5, 5.41) is 3.23. The lowest BCUT2D eigenvalue weighted by Gasteiger charge is -2.42. The Morgan fingerprint density at radius 1 is 1.26 bits per heavy atom. The standard InChI is InChI=1S/C17H27NO/c1-4-14(2)15-6-8-16(9-7-15)19-17(10-5-11-17)12-13-18-3/h6-9,14,18H,4-5,10-13H2,1-3H3. The monoisotopic (exact) mass is 261 g/mol. The first-order chi connectivity index (χ1) is 9.19. The first-order valence-electron chi connectivity index (χ1n) is 7.63. The zero-order valence-corrected chi connectivity index (χ0v) is 12.5. The van der Waals surface area contributed by atoms with Gasteiger partial charge in [-0.05, 0) is 69.3 Å².